The molecule has 1 aromatic carbocycles. The third-order valence-electron chi connectivity index (χ3n) is 4.94. The Morgan fingerprint density at radius 3 is 2.37 bits per heavy atom. The number of rotatable bonds is 6. The van der Waals surface area contributed by atoms with E-state index in [9.17, 15) is 18.0 Å². The number of amides is 1. The average Bonchev–Trinajstić information content (AvgIpc) is 3.61. The molecule has 0 spiro atoms. The highest BCUT2D eigenvalue weighted by atomic mass is 19.4. The van der Waals surface area contributed by atoms with E-state index in [1.165, 1.54) is 12.5 Å². The molecule has 1 N–H and O–H groups in total. The van der Waals surface area contributed by atoms with E-state index in [2.05, 4.69) is 15.3 Å². The molecule has 4 rings (SSSR count). The molecule has 0 radical (unpaired) electrons. The number of halogens is 3. The van der Waals surface area contributed by atoms with E-state index in [-0.39, 0.29) is 5.69 Å². The van der Waals surface area contributed by atoms with Crippen LogP contribution < -0.4 is 10.2 Å². The third kappa shape index (κ3) is 8.45. The van der Waals surface area contributed by atoms with Gasteiger partial charge in [-0.15, -0.1) is 0 Å². The number of nitrogens with one attached hydrogen (secondary N) is 1. The Balaban J connectivity index is 0.000000251. The fraction of sp³-hybridized carbons (Fsp3) is 0.360. The van der Waals surface area contributed by atoms with Gasteiger partial charge in [-0.25, -0.2) is 9.97 Å². The molecule has 0 aliphatic carbocycles. The van der Waals surface area contributed by atoms with E-state index in [4.69, 9.17) is 9.68 Å². The summed E-state index contributed by atoms with van der Waals surface area (Å²) >= 11 is 0. The van der Waals surface area contributed by atoms with Gasteiger partial charge < -0.3 is 14.6 Å². The number of carbonyl (C=O) groups is 1. The molecule has 35 heavy (non-hydrogen) atoms. The predicted octanol–water partition coefficient (Wildman–Crippen LogP) is 5.23. The van der Waals surface area contributed by atoms with Crippen molar-refractivity contribution < 1.29 is 22.4 Å². The van der Waals surface area contributed by atoms with E-state index >= 15 is 0 Å². The summed E-state index contributed by atoms with van der Waals surface area (Å²) in [5.74, 6) is -0.792. The summed E-state index contributed by atoms with van der Waals surface area (Å²) in [4.78, 5) is 19.0. The van der Waals surface area contributed by atoms with Gasteiger partial charge in [-0.05, 0) is 43.0 Å². The van der Waals surface area contributed by atoms with Crippen LogP contribution in [0.1, 0.15) is 43.6 Å². The van der Waals surface area contributed by atoms with E-state index < -0.39 is 12.0 Å². The van der Waals surface area contributed by atoms with Gasteiger partial charge in [0.15, 0.2) is 0 Å². The number of anilines is 1. The first-order valence-corrected chi connectivity index (χ1v) is 11.3. The van der Waals surface area contributed by atoms with Crippen LogP contribution in [0.4, 0.5) is 19.0 Å². The fourth-order valence-corrected chi connectivity index (χ4v) is 3.25. The Morgan fingerprint density at radius 2 is 1.83 bits per heavy atom. The summed E-state index contributed by atoms with van der Waals surface area (Å²) in [7, 11) is 0. The van der Waals surface area contributed by atoms with Crippen LogP contribution in [0.5, 0.6) is 0 Å². The lowest BCUT2D eigenvalue weighted by Gasteiger charge is -2.18. The molecule has 1 amide bonds. The molecule has 3 heterocycles. The number of benzene rings is 1. The van der Waals surface area contributed by atoms with Gasteiger partial charge in [-0.2, -0.15) is 18.4 Å². The van der Waals surface area contributed by atoms with Crippen LogP contribution >= 0.6 is 0 Å². The Bertz CT molecular complexity index is 1070. The molecule has 7 nitrogen and oxygen atoms in total. The lowest BCUT2D eigenvalue weighted by atomic mass is 10.1. The Morgan fingerprint density at radius 1 is 1.14 bits per heavy atom. The molecule has 2 aromatic heterocycles. The Labute approximate surface area is 202 Å². The minimum absolute atomic E-state index is 0.225. The number of nitrogens with zero attached hydrogens (tertiary/aromatic N) is 4. The minimum Gasteiger partial charge on any atom is -0.472 e. The van der Waals surface area contributed by atoms with Crippen LogP contribution in [0, 0.1) is 11.3 Å². The summed E-state index contributed by atoms with van der Waals surface area (Å²) < 4.78 is 43.6. The number of alkyl halides is 3. The quantitative estimate of drug-likeness (QED) is 0.378. The summed E-state index contributed by atoms with van der Waals surface area (Å²) in [5.41, 5.74) is 2.52. The molecule has 0 saturated carbocycles. The van der Waals surface area contributed by atoms with Gasteiger partial charge in [0.1, 0.15) is 5.82 Å². The van der Waals surface area contributed by atoms with Crippen molar-refractivity contribution in [2.45, 2.75) is 39.3 Å². The summed E-state index contributed by atoms with van der Waals surface area (Å²) in [5, 5.41) is 11.1. The van der Waals surface area contributed by atoms with Crippen molar-refractivity contribution in [3.63, 3.8) is 0 Å². The molecule has 3 aromatic rings. The lowest BCUT2D eigenvalue weighted by Crippen LogP contribution is -2.22. The van der Waals surface area contributed by atoms with E-state index in [0.29, 0.717) is 29.9 Å². The van der Waals surface area contributed by atoms with E-state index in [1.807, 2.05) is 36.9 Å². The SMILES string of the molecule is CC.FC(F)(F)c1nc(-c2ccoc2)cc(N2CCCC2)n1.N#Cc1ccc(CCNC=O)cc1. The second-order valence-corrected chi connectivity index (χ2v) is 7.27. The first kappa shape index (κ1) is 27.4. The molecule has 0 bridgehead atoms. The number of carbonyl (C=O) groups excluding carboxylic acids is 1. The molecular formula is C25H28F3N5O2. The van der Waals surface area contributed by atoms with Gasteiger partial charge in [-0.3, -0.25) is 4.79 Å². The van der Waals surface area contributed by atoms with Gasteiger partial charge in [-0.1, -0.05) is 26.0 Å². The van der Waals surface area contributed by atoms with Crippen molar-refractivity contribution in [1.82, 2.24) is 15.3 Å². The number of aromatic nitrogens is 2. The maximum Gasteiger partial charge on any atom is 0.451 e. The first-order valence-electron chi connectivity index (χ1n) is 11.3. The zero-order valence-electron chi connectivity index (χ0n) is 19.7. The maximum atomic E-state index is 12.9. The minimum atomic E-state index is -4.56. The highest BCUT2D eigenvalue weighted by Gasteiger charge is 2.36. The zero-order chi connectivity index (χ0) is 25.7. The number of nitriles is 1. The summed E-state index contributed by atoms with van der Waals surface area (Å²) in [6.45, 7) is 6.08. The van der Waals surface area contributed by atoms with Crippen LogP contribution in [0.3, 0.4) is 0 Å². The topological polar surface area (TPSA) is 95.1 Å². The number of furan rings is 1. The van der Waals surface area contributed by atoms with Crippen molar-refractivity contribution in [2.24, 2.45) is 0 Å². The molecule has 0 unspecified atom stereocenters. The maximum absolute atomic E-state index is 12.9. The second-order valence-electron chi connectivity index (χ2n) is 7.27. The predicted molar refractivity (Wildman–Crippen MR) is 126 cm³/mol. The summed E-state index contributed by atoms with van der Waals surface area (Å²) in [6.07, 6.45) is 1.62. The van der Waals surface area contributed by atoms with Crippen LogP contribution in [-0.2, 0) is 17.4 Å². The highest BCUT2D eigenvalue weighted by molar-refractivity contribution is 5.62. The standard InChI is InChI=1S/C13H12F3N3O.C10H10N2O.C2H6/c14-13(15,16)12-17-10(9-3-6-20-8-9)7-11(18-12)19-4-1-2-5-19;11-7-10-3-1-9(2-4-10)5-6-12-8-13;1-2/h3,6-8H,1-2,4-5H2;1-4,8H,5-6H2,(H,12,13);1-2H3. The lowest BCUT2D eigenvalue weighted by molar-refractivity contribution is -0.144. The van der Waals surface area contributed by atoms with Crippen molar-refractivity contribution in [2.75, 3.05) is 24.5 Å². The van der Waals surface area contributed by atoms with Gasteiger partial charge in [0.05, 0.1) is 29.9 Å². The van der Waals surface area contributed by atoms with Crippen LogP contribution in [0.15, 0.2) is 53.3 Å². The summed E-state index contributed by atoms with van der Waals surface area (Å²) in [6, 6.07) is 12.5. The second kappa shape index (κ2) is 13.7. The number of hydrogen-bond acceptors (Lipinski definition) is 6. The average molecular weight is 488 g/mol. The van der Waals surface area contributed by atoms with Gasteiger partial charge in [0.2, 0.25) is 12.2 Å². The smallest absolute Gasteiger partial charge is 0.451 e. The molecule has 1 saturated heterocycles. The molecule has 10 heteroatoms. The molecule has 1 aliphatic rings. The third-order valence-corrected chi connectivity index (χ3v) is 4.94. The molecule has 1 aliphatic heterocycles. The first-order chi connectivity index (χ1) is 16.9. The normalized spacial score (nSPS) is 12.5. The van der Waals surface area contributed by atoms with E-state index in [1.54, 1.807) is 24.3 Å². The Hall–Kier alpha value is -3.87. The van der Waals surface area contributed by atoms with Gasteiger partial charge >= 0.3 is 6.18 Å². The monoisotopic (exact) mass is 487 g/mol. The van der Waals surface area contributed by atoms with Crippen molar-refractivity contribution in [1.29, 1.82) is 5.26 Å². The largest absolute Gasteiger partial charge is 0.472 e. The zero-order valence-corrected chi connectivity index (χ0v) is 19.7. The van der Waals surface area contributed by atoms with Crippen LogP contribution in [0.2, 0.25) is 0 Å². The fourth-order valence-electron chi connectivity index (χ4n) is 3.25. The molecular weight excluding hydrogens is 459 g/mol. The molecule has 186 valence electrons. The number of hydrogen-bond donors (Lipinski definition) is 1. The van der Waals surface area contributed by atoms with Crippen LogP contribution in [0.25, 0.3) is 11.3 Å². The Kier molecular flexibility index (Phi) is 10.8. The van der Waals surface area contributed by atoms with Gasteiger partial charge in [0, 0.05) is 31.3 Å². The van der Waals surface area contributed by atoms with Gasteiger partial charge in [0.25, 0.3) is 0 Å². The highest BCUT2D eigenvalue weighted by Crippen LogP contribution is 2.31. The van der Waals surface area contributed by atoms with E-state index in [0.717, 1.165) is 37.9 Å². The van der Waals surface area contributed by atoms with Crippen molar-refractivity contribution in [3.8, 4) is 17.3 Å². The van der Waals surface area contributed by atoms with Crippen LogP contribution in [-0.4, -0.2) is 36.0 Å². The molecule has 1 fully saturated rings. The van der Waals surface area contributed by atoms with Crippen molar-refractivity contribution in [3.05, 3.63) is 65.9 Å². The molecule has 0 atom stereocenters. The van der Waals surface area contributed by atoms with Crippen molar-refractivity contribution >= 4 is 12.2 Å².